The topological polar surface area (TPSA) is 54.3 Å². The van der Waals surface area contributed by atoms with Crippen LogP contribution in [-0.4, -0.2) is 20.9 Å². The Hall–Kier alpha value is -2.38. The first-order valence-electron chi connectivity index (χ1n) is 9.83. The molecule has 0 spiro atoms. The van der Waals surface area contributed by atoms with Gasteiger partial charge in [0.05, 0.1) is 15.6 Å². The van der Waals surface area contributed by atoms with Gasteiger partial charge in [0.15, 0.2) is 0 Å². The van der Waals surface area contributed by atoms with Crippen LogP contribution < -0.4 is 5.32 Å². The molecule has 3 aromatic carbocycles. The van der Waals surface area contributed by atoms with Crippen molar-refractivity contribution in [2.24, 2.45) is 0 Å². The van der Waals surface area contributed by atoms with E-state index < -0.39 is 11.9 Å². The monoisotopic (exact) mass is 585 g/mol. The molecule has 0 bridgehead atoms. The third kappa shape index (κ3) is 5.72. The summed E-state index contributed by atoms with van der Waals surface area (Å²) < 4.78 is 2.21. The van der Waals surface area contributed by atoms with Crippen LogP contribution in [0.5, 0.6) is 0 Å². The average molecular weight is 588 g/mol. The SMILES string of the molecule is O=C(Nc1ccc(-n2cc(Cl)c(-c3ccc(Cl)cc3Cl)c2)cc1)N(Cl)C(=O)c1cc(Cl)ccc1Cl. The molecule has 1 heterocycles. The van der Waals surface area contributed by atoms with Crippen molar-refractivity contribution in [2.45, 2.75) is 0 Å². The molecule has 0 aliphatic heterocycles. The average Bonchev–Trinajstić information content (AvgIpc) is 3.21. The number of imide groups is 1. The highest BCUT2D eigenvalue weighted by Crippen LogP contribution is 2.36. The van der Waals surface area contributed by atoms with Crippen LogP contribution in [0.25, 0.3) is 16.8 Å². The van der Waals surface area contributed by atoms with Crippen molar-refractivity contribution in [2.75, 3.05) is 5.32 Å². The highest BCUT2D eigenvalue weighted by molar-refractivity contribution is 6.40. The van der Waals surface area contributed by atoms with Gasteiger partial charge in [-0.2, -0.15) is 4.42 Å². The molecule has 1 N–H and O–H groups in total. The summed E-state index contributed by atoms with van der Waals surface area (Å²) in [6.45, 7) is 0. The van der Waals surface area contributed by atoms with Crippen LogP contribution in [0.15, 0.2) is 73.1 Å². The van der Waals surface area contributed by atoms with E-state index in [9.17, 15) is 9.59 Å². The predicted molar refractivity (Wildman–Crippen MR) is 144 cm³/mol. The molecule has 0 aliphatic rings. The normalized spacial score (nSPS) is 10.8. The summed E-state index contributed by atoms with van der Waals surface area (Å²) in [5.41, 5.74) is 2.66. The Kier molecular flexibility index (Phi) is 7.86. The van der Waals surface area contributed by atoms with Crippen molar-refractivity contribution in [3.8, 4) is 16.8 Å². The second-order valence-corrected chi connectivity index (χ2v) is 9.67. The van der Waals surface area contributed by atoms with Crippen LogP contribution in [0.3, 0.4) is 0 Å². The van der Waals surface area contributed by atoms with E-state index in [2.05, 4.69) is 5.32 Å². The summed E-state index contributed by atoms with van der Waals surface area (Å²) in [6, 6.07) is 15.4. The lowest BCUT2D eigenvalue weighted by atomic mass is 10.1. The number of nitrogens with zero attached hydrogens (tertiary/aromatic N) is 2. The summed E-state index contributed by atoms with van der Waals surface area (Å²) in [5, 5.41) is 4.46. The Morgan fingerprint density at radius 3 is 2.06 bits per heavy atom. The Balaban J connectivity index is 1.49. The van der Waals surface area contributed by atoms with Gasteiger partial charge in [0, 0.05) is 61.7 Å². The number of amides is 3. The van der Waals surface area contributed by atoms with E-state index in [1.54, 1.807) is 48.7 Å². The molecule has 0 atom stereocenters. The fourth-order valence-electron chi connectivity index (χ4n) is 3.23. The number of halogens is 6. The number of hydrogen-bond acceptors (Lipinski definition) is 2. The summed E-state index contributed by atoms with van der Waals surface area (Å²) >= 11 is 36.6. The minimum Gasteiger partial charge on any atom is -0.322 e. The number of aromatic nitrogens is 1. The van der Waals surface area contributed by atoms with Gasteiger partial charge in [0.1, 0.15) is 0 Å². The molecule has 35 heavy (non-hydrogen) atoms. The predicted octanol–water partition coefficient (Wildman–Crippen LogP) is 9.24. The number of anilines is 1. The van der Waals surface area contributed by atoms with Crippen molar-refractivity contribution in [3.05, 3.63) is 104 Å². The summed E-state index contributed by atoms with van der Waals surface area (Å²) in [4.78, 5) is 25.0. The second-order valence-electron chi connectivity index (χ2n) is 7.24. The number of carbonyl (C=O) groups is 2. The van der Waals surface area contributed by atoms with Gasteiger partial charge in [-0.15, -0.1) is 0 Å². The Labute approximate surface area is 230 Å². The maximum atomic E-state index is 12.5. The van der Waals surface area contributed by atoms with Gasteiger partial charge in [-0.25, -0.2) is 4.79 Å². The summed E-state index contributed by atoms with van der Waals surface area (Å²) in [5.74, 6) is -0.816. The first-order valence-corrected chi connectivity index (χ1v) is 12.1. The lowest BCUT2D eigenvalue weighted by Gasteiger charge is -2.14. The highest BCUT2D eigenvalue weighted by Gasteiger charge is 2.24. The number of nitrogens with one attached hydrogen (secondary N) is 1. The van der Waals surface area contributed by atoms with Gasteiger partial charge in [-0.3, -0.25) is 4.79 Å². The molecule has 1 aromatic heterocycles. The zero-order chi connectivity index (χ0) is 25.3. The second kappa shape index (κ2) is 10.7. The number of urea groups is 1. The molecule has 178 valence electrons. The van der Waals surface area contributed by atoms with Crippen LogP contribution in [0.2, 0.25) is 25.1 Å². The van der Waals surface area contributed by atoms with E-state index in [0.717, 1.165) is 16.8 Å². The fourth-order valence-corrected chi connectivity index (χ4v) is 4.50. The van der Waals surface area contributed by atoms with Gasteiger partial charge in [-0.05, 0) is 54.6 Å². The first-order chi connectivity index (χ1) is 16.6. The molecule has 0 unspecified atom stereocenters. The zero-order valence-electron chi connectivity index (χ0n) is 17.4. The van der Waals surface area contributed by atoms with E-state index in [4.69, 9.17) is 69.8 Å². The van der Waals surface area contributed by atoms with Gasteiger partial charge in [0.2, 0.25) is 0 Å². The van der Waals surface area contributed by atoms with Crippen LogP contribution in [0, 0.1) is 0 Å². The molecule has 4 aromatic rings. The Morgan fingerprint density at radius 2 is 1.37 bits per heavy atom. The van der Waals surface area contributed by atoms with Gasteiger partial charge < -0.3 is 9.88 Å². The number of carbonyl (C=O) groups excluding carboxylic acids is 2. The third-order valence-corrected chi connectivity index (χ3v) is 6.65. The first kappa shape index (κ1) is 25.7. The molecule has 0 saturated carbocycles. The fraction of sp³-hybridized carbons (Fsp3) is 0. The van der Waals surface area contributed by atoms with Crippen LogP contribution >= 0.6 is 69.8 Å². The minimum atomic E-state index is -0.857. The van der Waals surface area contributed by atoms with E-state index >= 15 is 0 Å². The molecule has 0 aliphatic carbocycles. The van der Waals surface area contributed by atoms with E-state index in [-0.39, 0.29) is 15.6 Å². The smallest absolute Gasteiger partial charge is 0.322 e. The highest BCUT2D eigenvalue weighted by atomic mass is 35.5. The minimum absolute atomic E-state index is 0.000691. The van der Waals surface area contributed by atoms with Gasteiger partial charge in [-0.1, -0.05) is 64.1 Å². The van der Waals surface area contributed by atoms with Gasteiger partial charge >= 0.3 is 6.03 Å². The summed E-state index contributed by atoms with van der Waals surface area (Å²) in [7, 11) is 0. The number of rotatable bonds is 4. The van der Waals surface area contributed by atoms with E-state index in [0.29, 0.717) is 25.2 Å². The molecule has 11 heteroatoms. The maximum Gasteiger partial charge on any atom is 0.343 e. The molecule has 0 saturated heterocycles. The zero-order valence-corrected chi connectivity index (χ0v) is 21.9. The largest absolute Gasteiger partial charge is 0.343 e. The van der Waals surface area contributed by atoms with Crippen molar-refractivity contribution in [1.29, 1.82) is 0 Å². The number of benzene rings is 3. The van der Waals surface area contributed by atoms with Crippen LogP contribution in [0.4, 0.5) is 10.5 Å². The Morgan fingerprint density at radius 1 is 0.714 bits per heavy atom. The molecule has 5 nitrogen and oxygen atoms in total. The molecule has 0 fully saturated rings. The number of hydrogen-bond donors (Lipinski definition) is 1. The van der Waals surface area contributed by atoms with Crippen LogP contribution in [0.1, 0.15) is 10.4 Å². The Bertz CT molecular complexity index is 1440. The molecule has 3 amide bonds. The lowest BCUT2D eigenvalue weighted by Crippen LogP contribution is -2.32. The molecular formula is C24H13Cl6N3O2. The molecule has 0 radical (unpaired) electrons. The van der Waals surface area contributed by atoms with Crippen molar-refractivity contribution in [1.82, 2.24) is 8.99 Å². The summed E-state index contributed by atoms with van der Waals surface area (Å²) in [6.07, 6.45) is 3.57. The van der Waals surface area contributed by atoms with E-state index in [1.807, 2.05) is 10.8 Å². The van der Waals surface area contributed by atoms with Crippen molar-refractivity contribution < 1.29 is 9.59 Å². The van der Waals surface area contributed by atoms with Gasteiger partial charge in [0.25, 0.3) is 5.91 Å². The standard InChI is InChI=1S/C24H13Cl6N3O2/c25-13-2-8-20(27)18(9-13)23(34)33(30)24(35)31-15-3-5-16(6-4-15)32-11-19(22(29)12-32)17-7-1-14(26)10-21(17)28/h1-12H,(H,31,35). The molecular weight excluding hydrogens is 575 g/mol. The maximum absolute atomic E-state index is 12.5. The van der Waals surface area contributed by atoms with Crippen molar-refractivity contribution >= 4 is 87.4 Å². The van der Waals surface area contributed by atoms with E-state index in [1.165, 1.54) is 18.2 Å². The van der Waals surface area contributed by atoms with Crippen molar-refractivity contribution in [3.63, 3.8) is 0 Å². The lowest BCUT2D eigenvalue weighted by molar-refractivity contribution is 0.0893. The quantitative estimate of drug-likeness (QED) is 0.242. The van der Waals surface area contributed by atoms with Crippen LogP contribution in [-0.2, 0) is 0 Å². The molecule has 4 rings (SSSR count). The third-order valence-electron chi connectivity index (χ3n) is 4.93.